The molecule has 0 aliphatic rings. The monoisotopic (exact) mass is 375 g/mol. The van der Waals surface area contributed by atoms with E-state index in [9.17, 15) is 9.90 Å². The minimum absolute atomic E-state index is 0.199. The predicted octanol–water partition coefficient (Wildman–Crippen LogP) is 5.39. The normalized spacial score (nSPS) is 10.7. The summed E-state index contributed by atoms with van der Waals surface area (Å²) >= 11 is 6.31. The highest BCUT2D eigenvalue weighted by Gasteiger charge is 2.12. The molecule has 0 atom stereocenters. The van der Waals surface area contributed by atoms with Gasteiger partial charge in [0.15, 0.2) is 5.82 Å². The number of aromatic carboxylic acids is 1. The highest BCUT2D eigenvalue weighted by atomic mass is 35.5. The highest BCUT2D eigenvalue weighted by Crippen LogP contribution is 2.30. The number of nitrogens with one attached hydrogen (secondary N) is 1. The lowest BCUT2D eigenvalue weighted by molar-refractivity contribution is 0.0697. The molecule has 5 nitrogen and oxygen atoms in total. The smallest absolute Gasteiger partial charge is 0.335 e. The van der Waals surface area contributed by atoms with Gasteiger partial charge in [-0.25, -0.2) is 14.8 Å². The average molecular weight is 376 g/mol. The van der Waals surface area contributed by atoms with Crippen molar-refractivity contribution >= 4 is 40.0 Å². The molecule has 3 aromatic carbocycles. The van der Waals surface area contributed by atoms with Crippen molar-refractivity contribution in [2.24, 2.45) is 0 Å². The van der Waals surface area contributed by atoms with Gasteiger partial charge in [-0.05, 0) is 42.5 Å². The number of halogens is 1. The zero-order chi connectivity index (χ0) is 18.8. The lowest BCUT2D eigenvalue weighted by Crippen LogP contribution is -2.01. The third-order valence-electron chi connectivity index (χ3n) is 4.09. The minimum Gasteiger partial charge on any atom is -0.478 e. The molecule has 0 saturated carbocycles. The van der Waals surface area contributed by atoms with E-state index < -0.39 is 5.97 Å². The Balaban J connectivity index is 1.85. The van der Waals surface area contributed by atoms with Crippen LogP contribution in [0.1, 0.15) is 10.4 Å². The minimum atomic E-state index is -0.983. The standard InChI is InChI=1S/C21H14ClN3O2/c22-17-10-3-1-8-15(17)19-24-18-11-4-2-9-16(18)20(25-19)23-14-7-5-6-13(12-14)21(26)27/h1-12H,(H,26,27)(H,23,24,25). The maximum atomic E-state index is 11.2. The van der Waals surface area contributed by atoms with Crippen LogP contribution >= 0.6 is 11.6 Å². The number of aromatic nitrogens is 2. The summed E-state index contributed by atoms with van der Waals surface area (Å²) in [5.74, 6) is 0.0946. The van der Waals surface area contributed by atoms with Crippen molar-refractivity contribution in [1.82, 2.24) is 9.97 Å². The summed E-state index contributed by atoms with van der Waals surface area (Å²) in [6.07, 6.45) is 0. The van der Waals surface area contributed by atoms with E-state index in [-0.39, 0.29) is 5.56 Å². The number of rotatable bonds is 4. The molecule has 2 N–H and O–H groups in total. The number of benzene rings is 3. The van der Waals surface area contributed by atoms with Crippen LogP contribution in [0.4, 0.5) is 11.5 Å². The maximum absolute atomic E-state index is 11.2. The van der Waals surface area contributed by atoms with Crippen molar-refractivity contribution < 1.29 is 9.90 Å². The van der Waals surface area contributed by atoms with Gasteiger partial charge in [-0.1, -0.05) is 41.9 Å². The van der Waals surface area contributed by atoms with E-state index in [0.29, 0.717) is 22.4 Å². The van der Waals surface area contributed by atoms with Gasteiger partial charge in [-0.2, -0.15) is 0 Å². The quantitative estimate of drug-likeness (QED) is 0.500. The molecule has 27 heavy (non-hydrogen) atoms. The molecule has 4 rings (SSSR count). The number of nitrogens with zero attached hydrogens (tertiary/aromatic N) is 2. The second-order valence-electron chi connectivity index (χ2n) is 5.90. The summed E-state index contributed by atoms with van der Waals surface area (Å²) < 4.78 is 0. The number of fused-ring (bicyclic) bond motifs is 1. The second-order valence-corrected chi connectivity index (χ2v) is 6.31. The Kier molecular flexibility index (Phi) is 4.44. The number of carboxylic acid groups (broad SMARTS) is 1. The van der Waals surface area contributed by atoms with Gasteiger partial charge in [0, 0.05) is 16.6 Å². The first-order chi connectivity index (χ1) is 13.1. The number of hydrogen-bond acceptors (Lipinski definition) is 4. The van der Waals surface area contributed by atoms with Crippen LogP contribution < -0.4 is 5.32 Å². The molecule has 4 aromatic rings. The summed E-state index contributed by atoms with van der Waals surface area (Å²) in [4.78, 5) is 20.5. The molecule has 1 heterocycles. The first kappa shape index (κ1) is 17.0. The number of carbonyl (C=O) groups is 1. The molecule has 0 aliphatic carbocycles. The second kappa shape index (κ2) is 7.05. The van der Waals surface area contributed by atoms with Gasteiger partial charge < -0.3 is 10.4 Å². The molecule has 132 valence electrons. The Bertz CT molecular complexity index is 1160. The molecule has 0 spiro atoms. The first-order valence-electron chi connectivity index (χ1n) is 8.24. The summed E-state index contributed by atoms with van der Waals surface area (Å²) in [7, 11) is 0. The van der Waals surface area contributed by atoms with Crippen molar-refractivity contribution in [3.8, 4) is 11.4 Å². The van der Waals surface area contributed by atoms with Crippen LogP contribution in [0.3, 0.4) is 0 Å². The number of para-hydroxylation sites is 1. The van der Waals surface area contributed by atoms with Crippen molar-refractivity contribution in [3.63, 3.8) is 0 Å². The third-order valence-corrected chi connectivity index (χ3v) is 4.42. The fourth-order valence-electron chi connectivity index (χ4n) is 2.80. The van der Waals surface area contributed by atoms with E-state index in [1.165, 1.54) is 0 Å². The molecular formula is C21H14ClN3O2. The predicted molar refractivity (Wildman–Crippen MR) is 107 cm³/mol. The average Bonchev–Trinajstić information content (AvgIpc) is 2.68. The lowest BCUT2D eigenvalue weighted by atomic mass is 10.1. The Hall–Kier alpha value is -3.44. The maximum Gasteiger partial charge on any atom is 0.335 e. The number of hydrogen-bond donors (Lipinski definition) is 2. The van der Waals surface area contributed by atoms with Gasteiger partial charge in [-0.15, -0.1) is 0 Å². The molecule has 0 unspecified atom stereocenters. The Labute approximate surface area is 160 Å². The Morgan fingerprint density at radius 3 is 2.52 bits per heavy atom. The first-order valence-corrected chi connectivity index (χ1v) is 8.62. The van der Waals surface area contributed by atoms with Crippen LogP contribution in [-0.4, -0.2) is 21.0 Å². The van der Waals surface area contributed by atoms with E-state index in [2.05, 4.69) is 15.3 Å². The molecule has 0 bridgehead atoms. The van der Waals surface area contributed by atoms with Gasteiger partial charge in [0.25, 0.3) is 0 Å². The molecule has 1 aromatic heterocycles. The van der Waals surface area contributed by atoms with Crippen LogP contribution in [0.25, 0.3) is 22.3 Å². The van der Waals surface area contributed by atoms with E-state index in [1.807, 2.05) is 42.5 Å². The van der Waals surface area contributed by atoms with Crippen LogP contribution in [0.5, 0.6) is 0 Å². The lowest BCUT2D eigenvalue weighted by Gasteiger charge is -2.12. The van der Waals surface area contributed by atoms with Crippen LogP contribution in [-0.2, 0) is 0 Å². The fraction of sp³-hybridized carbons (Fsp3) is 0. The molecule has 0 saturated heterocycles. The Morgan fingerprint density at radius 1 is 0.926 bits per heavy atom. The fourth-order valence-corrected chi connectivity index (χ4v) is 3.02. The van der Waals surface area contributed by atoms with Crippen molar-refractivity contribution in [2.75, 3.05) is 5.32 Å². The van der Waals surface area contributed by atoms with Crippen molar-refractivity contribution in [2.45, 2.75) is 0 Å². The van der Waals surface area contributed by atoms with E-state index in [1.54, 1.807) is 30.3 Å². The molecule has 6 heteroatoms. The Morgan fingerprint density at radius 2 is 1.70 bits per heavy atom. The third kappa shape index (κ3) is 3.45. The molecule has 0 aliphatic heterocycles. The van der Waals surface area contributed by atoms with E-state index in [0.717, 1.165) is 16.5 Å². The summed E-state index contributed by atoms with van der Waals surface area (Å²) in [5, 5.41) is 13.8. The largest absolute Gasteiger partial charge is 0.478 e. The summed E-state index contributed by atoms with van der Waals surface area (Å²) in [6, 6.07) is 21.6. The van der Waals surface area contributed by atoms with Gasteiger partial charge in [-0.3, -0.25) is 0 Å². The zero-order valence-electron chi connectivity index (χ0n) is 14.1. The topological polar surface area (TPSA) is 75.1 Å². The van der Waals surface area contributed by atoms with Crippen LogP contribution in [0, 0.1) is 0 Å². The number of anilines is 2. The van der Waals surface area contributed by atoms with Gasteiger partial charge >= 0.3 is 5.97 Å². The van der Waals surface area contributed by atoms with Crippen LogP contribution in [0.2, 0.25) is 5.02 Å². The zero-order valence-corrected chi connectivity index (χ0v) is 14.8. The summed E-state index contributed by atoms with van der Waals surface area (Å²) in [5.41, 5.74) is 2.32. The van der Waals surface area contributed by atoms with E-state index in [4.69, 9.17) is 11.6 Å². The molecular weight excluding hydrogens is 362 g/mol. The van der Waals surface area contributed by atoms with Crippen LogP contribution in [0.15, 0.2) is 72.8 Å². The molecule has 0 amide bonds. The SMILES string of the molecule is O=C(O)c1cccc(Nc2nc(-c3ccccc3Cl)nc3ccccc23)c1. The highest BCUT2D eigenvalue weighted by molar-refractivity contribution is 6.33. The van der Waals surface area contributed by atoms with E-state index >= 15 is 0 Å². The van der Waals surface area contributed by atoms with Gasteiger partial charge in [0.05, 0.1) is 16.1 Å². The molecule has 0 radical (unpaired) electrons. The van der Waals surface area contributed by atoms with Crippen molar-refractivity contribution in [3.05, 3.63) is 83.4 Å². The van der Waals surface area contributed by atoms with Gasteiger partial charge in [0.1, 0.15) is 5.82 Å². The van der Waals surface area contributed by atoms with Crippen molar-refractivity contribution in [1.29, 1.82) is 0 Å². The summed E-state index contributed by atoms with van der Waals surface area (Å²) in [6.45, 7) is 0. The van der Waals surface area contributed by atoms with Gasteiger partial charge in [0.2, 0.25) is 0 Å². The number of carboxylic acids is 1. The molecule has 0 fully saturated rings.